The summed E-state index contributed by atoms with van der Waals surface area (Å²) >= 11 is 0. The average molecular weight is 525 g/mol. The van der Waals surface area contributed by atoms with E-state index in [0.717, 1.165) is 12.1 Å². The van der Waals surface area contributed by atoms with Crippen LogP contribution in [0.15, 0.2) is 91.0 Å². The molecule has 0 saturated heterocycles. The predicted octanol–water partition coefficient (Wildman–Crippen LogP) is 4.92. The molecule has 35 heavy (non-hydrogen) atoms. The van der Waals surface area contributed by atoms with E-state index in [1.54, 1.807) is 0 Å². The van der Waals surface area contributed by atoms with Crippen molar-refractivity contribution in [3.63, 3.8) is 0 Å². The largest absolute Gasteiger partial charge is 0.500 e. The Balaban J connectivity index is 2.06. The van der Waals surface area contributed by atoms with Crippen molar-refractivity contribution in [3.05, 3.63) is 91.0 Å². The monoisotopic (exact) mass is 524 g/mol. The lowest BCUT2D eigenvalue weighted by molar-refractivity contribution is 0.0723. The van der Waals surface area contributed by atoms with Crippen LogP contribution >= 0.6 is 0 Å². The Morgan fingerprint density at radius 1 is 0.514 bits per heavy atom. The van der Waals surface area contributed by atoms with Crippen molar-refractivity contribution in [2.75, 3.05) is 19.8 Å². The number of hydrogen-bond donors (Lipinski definition) is 0. The molecule has 0 saturated carbocycles. The normalized spacial score (nSPS) is 12.6. The lowest BCUT2D eigenvalue weighted by Gasteiger charge is -2.41. The first-order valence-electron chi connectivity index (χ1n) is 12.7. The van der Waals surface area contributed by atoms with Gasteiger partial charge in [0.05, 0.1) is 0 Å². The molecule has 3 aromatic carbocycles. The Hall–Kier alpha value is -1.85. The van der Waals surface area contributed by atoms with Crippen molar-refractivity contribution < 1.29 is 17.4 Å². The van der Waals surface area contributed by atoms with Gasteiger partial charge in [0, 0.05) is 25.9 Å². The second-order valence-corrected chi connectivity index (χ2v) is 19.8. The van der Waals surface area contributed by atoms with Crippen LogP contribution in [0.4, 0.5) is 0 Å². The summed E-state index contributed by atoms with van der Waals surface area (Å²) in [5.74, 6) is 0. The second-order valence-electron chi connectivity index (χ2n) is 9.12. The minimum absolute atomic E-state index is 0.589. The van der Waals surface area contributed by atoms with Crippen LogP contribution < -0.4 is 15.6 Å². The summed E-state index contributed by atoms with van der Waals surface area (Å²) in [5.41, 5.74) is 0. The molecule has 0 aliphatic heterocycles. The first-order valence-corrected chi connectivity index (χ1v) is 19.7. The lowest BCUT2D eigenvalue weighted by Crippen LogP contribution is -2.72. The van der Waals surface area contributed by atoms with E-state index in [4.69, 9.17) is 17.4 Å². The van der Waals surface area contributed by atoms with Crippen molar-refractivity contribution in [2.24, 2.45) is 0 Å². The molecule has 0 atom stereocenters. The summed E-state index contributed by atoms with van der Waals surface area (Å²) in [7, 11) is -7.73. The van der Waals surface area contributed by atoms with E-state index in [2.05, 4.69) is 104 Å². The van der Waals surface area contributed by atoms with Gasteiger partial charge >= 0.3 is 8.80 Å². The van der Waals surface area contributed by atoms with Crippen molar-refractivity contribution in [3.8, 4) is 0 Å². The topological polar surface area (TPSA) is 36.9 Å². The maximum absolute atomic E-state index is 7.55. The molecule has 3 aromatic rings. The molecule has 7 heteroatoms. The van der Waals surface area contributed by atoms with Gasteiger partial charge in [-0.05, 0) is 55.5 Å². The maximum Gasteiger partial charge on any atom is 0.500 e. The highest BCUT2D eigenvalue weighted by atomic mass is 28.4. The van der Waals surface area contributed by atoms with E-state index < -0.39 is 25.4 Å². The van der Waals surface area contributed by atoms with Gasteiger partial charge in [0.2, 0.25) is 0 Å². The van der Waals surface area contributed by atoms with Crippen LogP contribution in [0.3, 0.4) is 0 Å². The molecule has 0 aliphatic carbocycles. The van der Waals surface area contributed by atoms with Crippen molar-refractivity contribution in [2.45, 2.75) is 46.0 Å². The Labute approximate surface area is 214 Å². The minimum atomic E-state index is -2.76. The molecule has 3 rings (SSSR count). The summed E-state index contributed by atoms with van der Waals surface area (Å²) in [6, 6.07) is 34.0. The molecule has 0 heterocycles. The van der Waals surface area contributed by atoms with Crippen molar-refractivity contribution >= 4 is 41.0 Å². The van der Waals surface area contributed by atoms with Crippen LogP contribution in [0, 0.1) is 0 Å². The van der Waals surface area contributed by atoms with Gasteiger partial charge in [-0.25, -0.2) is 0 Å². The third-order valence-electron chi connectivity index (χ3n) is 6.10. The smallest absolute Gasteiger partial charge is 0.446 e. The molecule has 0 unspecified atom stereocenters. The van der Waals surface area contributed by atoms with Gasteiger partial charge in [0.1, 0.15) is 0 Å². The van der Waals surface area contributed by atoms with Crippen LogP contribution in [0.1, 0.15) is 20.8 Å². The molecular formula is C28H40O4Si3. The molecule has 0 radical (unpaired) electrons. The SMILES string of the molecule is CCO[Si](CC[Si](C)(C)O[Si](c1ccccc1)(c1ccccc1)c1ccccc1)(OCC)OCC. The Kier molecular flexibility index (Phi) is 10.2. The standard InChI is InChI=1S/C28H40O4Si3/c1-6-29-34(30-7-2,31-8-3)25-24-33(4,5)32-35(26-18-12-9-13-19-26,27-20-14-10-15-21-27)28-22-16-11-17-23-28/h9-23H,6-8,24-25H2,1-5H3. The fourth-order valence-corrected chi connectivity index (χ4v) is 18.4. The average Bonchev–Trinajstić information content (AvgIpc) is 2.88. The molecule has 0 aliphatic rings. The molecule has 0 N–H and O–H groups in total. The maximum atomic E-state index is 7.55. The molecule has 0 fully saturated rings. The fraction of sp³-hybridized carbons (Fsp3) is 0.357. The highest BCUT2D eigenvalue weighted by Gasteiger charge is 2.48. The molecular weight excluding hydrogens is 485 g/mol. The molecule has 4 nitrogen and oxygen atoms in total. The van der Waals surface area contributed by atoms with E-state index in [-0.39, 0.29) is 0 Å². The minimum Gasteiger partial charge on any atom is -0.446 e. The van der Waals surface area contributed by atoms with Gasteiger partial charge in [0.15, 0.2) is 8.32 Å². The highest BCUT2D eigenvalue weighted by Crippen LogP contribution is 2.27. The Morgan fingerprint density at radius 3 is 1.17 bits per heavy atom. The van der Waals surface area contributed by atoms with Crippen LogP contribution in [0.25, 0.3) is 0 Å². The summed E-state index contributed by atoms with van der Waals surface area (Å²) in [4.78, 5) is 0. The zero-order chi connectivity index (χ0) is 25.2. The molecule has 0 spiro atoms. The zero-order valence-corrected chi connectivity index (χ0v) is 24.8. The molecule has 0 aromatic heterocycles. The number of rotatable bonds is 14. The summed E-state index contributed by atoms with van der Waals surface area (Å²) in [5, 5.41) is 3.79. The van der Waals surface area contributed by atoms with Gasteiger partial charge in [-0.2, -0.15) is 0 Å². The first kappa shape index (κ1) is 27.7. The van der Waals surface area contributed by atoms with E-state index in [9.17, 15) is 0 Å². The molecule has 0 amide bonds. The Bertz CT molecular complexity index is 887. The van der Waals surface area contributed by atoms with E-state index in [1.807, 2.05) is 20.8 Å². The number of benzene rings is 3. The van der Waals surface area contributed by atoms with E-state index >= 15 is 0 Å². The summed E-state index contributed by atoms with van der Waals surface area (Å²) < 4.78 is 26.0. The number of hydrogen-bond acceptors (Lipinski definition) is 4. The van der Waals surface area contributed by atoms with E-state index in [0.29, 0.717) is 19.8 Å². The van der Waals surface area contributed by atoms with Crippen LogP contribution in [0.5, 0.6) is 0 Å². The summed E-state index contributed by atoms with van der Waals surface area (Å²) in [6.07, 6.45) is 0. The van der Waals surface area contributed by atoms with Crippen molar-refractivity contribution in [1.82, 2.24) is 0 Å². The van der Waals surface area contributed by atoms with Crippen LogP contribution in [-0.2, 0) is 17.4 Å². The van der Waals surface area contributed by atoms with Crippen LogP contribution in [-0.4, -0.2) is 45.3 Å². The summed E-state index contributed by atoms with van der Waals surface area (Å²) in [6.45, 7) is 12.5. The van der Waals surface area contributed by atoms with Crippen molar-refractivity contribution in [1.29, 1.82) is 0 Å². The Morgan fingerprint density at radius 2 is 0.857 bits per heavy atom. The van der Waals surface area contributed by atoms with Gasteiger partial charge in [-0.3, -0.25) is 0 Å². The lowest BCUT2D eigenvalue weighted by atomic mass is 10.3. The van der Waals surface area contributed by atoms with Crippen LogP contribution in [0.2, 0.25) is 25.2 Å². The zero-order valence-electron chi connectivity index (χ0n) is 21.8. The fourth-order valence-electron chi connectivity index (χ4n) is 4.62. The second kappa shape index (κ2) is 12.9. The van der Waals surface area contributed by atoms with Gasteiger partial charge in [-0.1, -0.05) is 91.0 Å². The third kappa shape index (κ3) is 6.89. The van der Waals surface area contributed by atoms with Gasteiger partial charge < -0.3 is 17.4 Å². The third-order valence-corrected chi connectivity index (χ3v) is 18.0. The first-order chi connectivity index (χ1) is 16.9. The molecule has 188 valence electrons. The van der Waals surface area contributed by atoms with Gasteiger partial charge in [-0.15, -0.1) is 0 Å². The predicted molar refractivity (Wildman–Crippen MR) is 153 cm³/mol. The quantitative estimate of drug-likeness (QED) is 0.221. The molecule has 0 bridgehead atoms. The highest BCUT2D eigenvalue weighted by molar-refractivity contribution is 7.10. The van der Waals surface area contributed by atoms with Gasteiger partial charge in [0.25, 0.3) is 8.32 Å². The van der Waals surface area contributed by atoms with E-state index in [1.165, 1.54) is 15.6 Å².